The highest BCUT2D eigenvalue weighted by Crippen LogP contribution is 2.25. The number of rotatable bonds is 1. The first-order chi connectivity index (χ1) is 8.99. The minimum Gasteiger partial charge on any atom is -0.319 e. The van der Waals surface area contributed by atoms with Crippen LogP contribution >= 0.6 is 11.6 Å². The van der Waals surface area contributed by atoms with Gasteiger partial charge in [-0.05, 0) is 57.7 Å². The maximum atomic E-state index is 12.4. The second-order valence-corrected chi connectivity index (χ2v) is 5.84. The van der Waals surface area contributed by atoms with Crippen LogP contribution in [0, 0.1) is 6.92 Å². The van der Waals surface area contributed by atoms with E-state index in [1.807, 2.05) is 24.0 Å². The zero-order valence-corrected chi connectivity index (χ0v) is 12.5. The molecule has 1 aromatic rings. The molecule has 1 aromatic carbocycles. The van der Waals surface area contributed by atoms with Crippen molar-refractivity contribution in [3.05, 3.63) is 28.8 Å². The summed E-state index contributed by atoms with van der Waals surface area (Å²) in [4.78, 5) is 14.3. The molecule has 1 aliphatic rings. The van der Waals surface area contributed by atoms with E-state index >= 15 is 0 Å². The van der Waals surface area contributed by atoms with Gasteiger partial charge < -0.3 is 10.2 Å². The van der Waals surface area contributed by atoms with Crippen LogP contribution in [0.5, 0.6) is 0 Å². The highest BCUT2D eigenvalue weighted by Gasteiger charge is 2.28. The molecule has 0 aliphatic carbocycles. The Hall–Kier alpha value is -1.22. The number of amides is 2. The van der Waals surface area contributed by atoms with Crippen LogP contribution in [0.2, 0.25) is 5.02 Å². The number of carbonyl (C=O) groups is 1. The molecule has 2 atom stereocenters. The number of hydrogen-bond donors (Lipinski definition) is 1. The third-order valence-corrected chi connectivity index (χ3v) is 4.26. The van der Waals surface area contributed by atoms with Gasteiger partial charge in [0.2, 0.25) is 0 Å². The molecule has 0 aromatic heterocycles. The Morgan fingerprint density at radius 3 is 2.53 bits per heavy atom. The predicted octanol–water partition coefficient (Wildman–Crippen LogP) is 4.44. The van der Waals surface area contributed by atoms with Gasteiger partial charge in [0.15, 0.2) is 0 Å². The Morgan fingerprint density at radius 1 is 1.32 bits per heavy atom. The molecule has 19 heavy (non-hydrogen) atoms. The van der Waals surface area contributed by atoms with Crippen molar-refractivity contribution in [2.75, 3.05) is 5.32 Å². The third kappa shape index (κ3) is 3.21. The molecule has 1 N–H and O–H groups in total. The summed E-state index contributed by atoms with van der Waals surface area (Å²) in [6.07, 6.45) is 3.35. The SMILES string of the molecule is Cc1ccc(NC(=O)N2[C@H](C)CCC[C@@H]2C)cc1Cl. The Morgan fingerprint density at radius 2 is 1.95 bits per heavy atom. The standard InChI is InChI=1S/C15H21ClN2O/c1-10-7-8-13(9-14(10)16)17-15(19)18-11(2)5-4-6-12(18)3/h7-9,11-12H,4-6H2,1-3H3,(H,17,19)/t11-,12+. The normalized spacial score (nSPS) is 23.3. The summed E-state index contributed by atoms with van der Waals surface area (Å²) < 4.78 is 0. The molecule has 0 bridgehead atoms. The van der Waals surface area contributed by atoms with Crippen LogP contribution in [-0.4, -0.2) is 23.0 Å². The van der Waals surface area contributed by atoms with Gasteiger partial charge in [0, 0.05) is 22.8 Å². The van der Waals surface area contributed by atoms with Crippen molar-refractivity contribution in [3.8, 4) is 0 Å². The number of benzene rings is 1. The van der Waals surface area contributed by atoms with Gasteiger partial charge in [0.25, 0.3) is 0 Å². The highest BCUT2D eigenvalue weighted by molar-refractivity contribution is 6.31. The fourth-order valence-corrected chi connectivity index (χ4v) is 2.86. The number of carbonyl (C=O) groups excluding carboxylic acids is 1. The molecule has 3 nitrogen and oxygen atoms in total. The number of urea groups is 1. The van der Waals surface area contributed by atoms with Crippen molar-refractivity contribution in [2.24, 2.45) is 0 Å². The van der Waals surface area contributed by atoms with E-state index in [9.17, 15) is 4.79 Å². The predicted molar refractivity (Wildman–Crippen MR) is 79.8 cm³/mol. The number of anilines is 1. The largest absolute Gasteiger partial charge is 0.322 e. The van der Waals surface area contributed by atoms with Gasteiger partial charge in [-0.1, -0.05) is 17.7 Å². The maximum Gasteiger partial charge on any atom is 0.322 e. The van der Waals surface area contributed by atoms with E-state index in [-0.39, 0.29) is 6.03 Å². The van der Waals surface area contributed by atoms with E-state index in [0.29, 0.717) is 17.1 Å². The lowest BCUT2D eigenvalue weighted by Crippen LogP contribution is -2.49. The van der Waals surface area contributed by atoms with Gasteiger partial charge in [-0.2, -0.15) is 0 Å². The second-order valence-electron chi connectivity index (χ2n) is 5.43. The van der Waals surface area contributed by atoms with E-state index in [4.69, 9.17) is 11.6 Å². The van der Waals surface area contributed by atoms with Crippen LogP contribution in [0.1, 0.15) is 38.7 Å². The fraction of sp³-hybridized carbons (Fsp3) is 0.533. The zero-order valence-electron chi connectivity index (χ0n) is 11.7. The third-order valence-electron chi connectivity index (χ3n) is 3.85. The minimum atomic E-state index is -0.0281. The molecule has 1 heterocycles. The smallest absolute Gasteiger partial charge is 0.319 e. The molecule has 4 heteroatoms. The number of hydrogen-bond acceptors (Lipinski definition) is 1. The van der Waals surface area contributed by atoms with Crippen molar-refractivity contribution in [2.45, 2.75) is 52.1 Å². The average molecular weight is 281 g/mol. The minimum absolute atomic E-state index is 0.0281. The fourth-order valence-electron chi connectivity index (χ4n) is 2.68. The molecule has 2 amide bonds. The van der Waals surface area contributed by atoms with E-state index in [1.54, 1.807) is 6.07 Å². The Labute approximate surface area is 119 Å². The van der Waals surface area contributed by atoms with E-state index < -0.39 is 0 Å². The number of likely N-dealkylation sites (tertiary alicyclic amines) is 1. The first-order valence-electron chi connectivity index (χ1n) is 6.84. The molecule has 1 saturated heterocycles. The van der Waals surface area contributed by atoms with Gasteiger partial charge in [0.05, 0.1) is 0 Å². The molecular weight excluding hydrogens is 260 g/mol. The summed E-state index contributed by atoms with van der Waals surface area (Å²) in [5.74, 6) is 0. The second kappa shape index (κ2) is 5.83. The van der Waals surface area contributed by atoms with Crippen molar-refractivity contribution in [3.63, 3.8) is 0 Å². The Kier molecular flexibility index (Phi) is 4.35. The van der Waals surface area contributed by atoms with Gasteiger partial charge >= 0.3 is 6.03 Å². The Bertz CT molecular complexity index is 465. The first-order valence-corrected chi connectivity index (χ1v) is 7.22. The van der Waals surface area contributed by atoms with Crippen molar-refractivity contribution in [1.82, 2.24) is 4.90 Å². The topological polar surface area (TPSA) is 32.3 Å². The molecule has 0 spiro atoms. The van der Waals surface area contributed by atoms with Crippen LogP contribution in [-0.2, 0) is 0 Å². The summed E-state index contributed by atoms with van der Waals surface area (Å²) in [6.45, 7) is 6.16. The summed E-state index contributed by atoms with van der Waals surface area (Å²) >= 11 is 6.08. The van der Waals surface area contributed by atoms with E-state index in [1.165, 1.54) is 6.42 Å². The van der Waals surface area contributed by atoms with Gasteiger partial charge in [-0.25, -0.2) is 4.79 Å². The average Bonchev–Trinajstić information content (AvgIpc) is 2.33. The van der Waals surface area contributed by atoms with Crippen molar-refractivity contribution < 1.29 is 4.79 Å². The summed E-state index contributed by atoms with van der Waals surface area (Å²) in [5.41, 5.74) is 1.77. The van der Waals surface area contributed by atoms with Crippen LogP contribution in [0.15, 0.2) is 18.2 Å². The molecule has 2 rings (SSSR count). The number of piperidine rings is 1. The molecule has 1 aliphatic heterocycles. The lowest BCUT2D eigenvalue weighted by molar-refractivity contribution is 0.133. The van der Waals surface area contributed by atoms with Crippen molar-refractivity contribution >= 4 is 23.3 Å². The zero-order chi connectivity index (χ0) is 14.0. The van der Waals surface area contributed by atoms with E-state index in [2.05, 4.69) is 19.2 Å². The highest BCUT2D eigenvalue weighted by atomic mass is 35.5. The van der Waals surface area contributed by atoms with Gasteiger partial charge in [-0.15, -0.1) is 0 Å². The van der Waals surface area contributed by atoms with Crippen LogP contribution in [0.25, 0.3) is 0 Å². The quantitative estimate of drug-likeness (QED) is 0.810. The lowest BCUT2D eigenvalue weighted by atomic mass is 9.98. The van der Waals surface area contributed by atoms with Crippen LogP contribution in [0.3, 0.4) is 0 Å². The summed E-state index contributed by atoms with van der Waals surface area (Å²) in [6, 6.07) is 6.17. The molecule has 0 unspecified atom stereocenters. The summed E-state index contributed by atoms with van der Waals surface area (Å²) in [7, 11) is 0. The first kappa shape index (κ1) is 14.2. The summed E-state index contributed by atoms with van der Waals surface area (Å²) in [5, 5.41) is 3.62. The molecule has 104 valence electrons. The molecule has 0 saturated carbocycles. The Balaban J connectivity index is 2.09. The number of nitrogens with zero attached hydrogens (tertiary/aromatic N) is 1. The monoisotopic (exact) mass is 280 g/mol. The number of halogens is 1. The number of aryl methyl sites for hydroxylation is 1. The van der Waals surface area contributed by atoms with Crippen molar-refractivity contribution in [1.29, 1.82) is 0 Å². The number of nitrogens with one attached hydrogen (secondary N) is 1. The van der Waals surface area contributed by atoms with E-state index in [0.717, 1.165) is 24.1 Å². The molecule has 0 radical (unpaired) electrons. The van der Waals surface area contributed by atoms with Crippen LogP contribution in [0.4, 0.5) is 10.5 Å². The van der Waals surface area contributed by atoms with Gasteiger partial charge in [-0.3, -0.25) is 0 Å². The lowest BCUT2D eigenvalue weighted by Gasteiger charge is -2.38. The van der Waals surface area contributed by atoms with Gasteiger partial charge in [0.1, 0.15) is 0 Å². The maximum absolute atomic E-state index is 12.4. The molecular formula is C15H21ClN2O. The van der Waals surface area contributed by atoms with Crippen LogP contribution < -0.4 is 5.32 Å². The molecule has 1 fully saturated rings.